The van der Waals surface area contributed by atoms with Crippen LogP contribution >= 0.6 is 23.2 Å². The molecule has 0 aliphatic carbocycles. The minimum absolute atomic E-state index is 0.153. The number of rotatable bonds is 5. The Kier molecular flexibility index (Phi) is 6.87. The van der Waals surface area contributed by atoms with Gasteiger partial charge in [-0.3, -0.25) is 4.79 Å². The molecule has 0 fully saturated rings. The molecule has 0 heterocycles. The van der Waals surface area contributed by atoms with Gasteiger partial charge in [0.2, 0.25) is 0 Å². The molecule has 30 heavy (non-hydrogen) atoms. The molecule has 0 spiro atoms. The number of halogens is 2. The number of carbonyl (C=O) groups excluding carboxylic acids is 2. The van der Waals surface area contributed by atoms with Crippen molar-refractivity contribution in [2.75, 3.05) is 5.32 Å². The summed E-state index contributed by atoms with van der Waals surface area (Å²) in [5.41, 5.74) is 1.06. The summed E-state index contributed by atoms with van der Waals surface area (Å²) in [7, 11) is 0. The van der Waals surface area contributed by atoms with E-state index in [0.717, 1.165) is 0 Å². The molecule has 0 saturated carbocycles. The van der Waals surface area contributed by atoms with Gasteiger partial charge < -0.3 is 10.1 Å². The van der Waals surface area contributed by atoms with Gasteiger partial charge in [-0.2, -0.15) is 5.26 Å². The number of hydrogen-bond donors (Lipinski definition) is 1. The van der Waals surface area contributed by atoms with Crippen LogP contribution in [0.1, 0.15) is 15.9 Å². The monoisotopic (exact) mass is 436 g/mol. The van der Waals surface area contributed by atoms with E-state index in [1.807, 2.05) is 6.07 Å². The maximum Gasteiger partial charge on any atom is 0.343 e. The SMILES string of the molecule is N#C/C(=C\c1ccccc1OC(=O)c1ccc(Cl)cc1)C(=O)Nc1ccc(Cl)cc1. The Morgan fingerprint density at radius 3 is 2.13 bits per heavy atom. The topological polar surface area (TPSA) is 79.2 Å². The third-order valence-electron chi connectivity index (χ3n) is 3.97. The van der Waals surface area contributed by atoms with Gasteiger partial charge in [-0.1, -0.05) is 41.4 Å². The molecule has 0 saturated heterocycles. The zero-order valence-corrected chi connectivity index (χ0v) is 16.9. The second kappa shape index (κ2) is 9.75. The first-order chi connectivity index (χ1) is 14.5. The van der Waals surface area contributed by atoms with Crippen molar-refractivity contribution in [1.29, 1.82) is 5.26 Å². The smallest absolute Gasteiger partial charge is 0.343 e. The lowest BCUT2D eigenvalue weighted by molar-refractivity contribution is -0.112. The fourth-order valence-electron chi connectivity index (χ4n) is 2.47. The normalized spacial score (nSPS) is 10.8. The molecular formula is C23H14Cl2N2O3. The maximum absolute atomic E-state index is 12.5. The van der Waals surface area contributed by atoms with Gasteiger partial charge >= 0.3 is 5.97 Å². The van der Waals surface area contributed by atoms with Crippen LogP contribution in [-0.4, -0.2) is 11.9 Å². The number of nitrogens with zero attached hydrogens (tertiary/aromatic N) is 1. The Morgan fingerprint density at radius 1 is 0.900 bits per heavy atom. The van der Waals surface area contributed by atoms with Gasteiger partial charge in [0.1, 0.15) is 17.4 Å². The molecule has 3 aromatic rings. The Labute approximate surface area is 183 Å². The average Bonchev–Trinajstić information content (AvgIpc) is 2.75. The molecule has 3 aromatic carbocycles. The van der Waals surface area contributed by atoms with Crippen molar-refractivity contribution in [2.24, 2.45) is 0 Å². The number of nitriles is 1. The predicted molar refractivity (Wildman–Crippen MR) is 117 cm³/mol. The highest BCUT2D eigenvalue weighted by Gasteiger charge is 2.14. The molecule has 0 unspecified atom stereocenters. The first-order valence-corrected chi connectivity index (χ1v) is 9.47. The van der Waals surface area contributed by atoms with Gasteiger partial charge in [0.25, 0.3) is 5.91 Å². The minimum atomic E-state index is -0.598. The van der Waals surface area contributed by atoms with Crippen molar-refractivity contribution in [3.05, 3.63) is 99.5 Å². The van der Waals surface area contributed by atoms with E-state index in [-0.39, 0.29) is 11.3 Å². The van der Waals surface area contributed by atoms with Gasteiger partial charge in [-0.05, 0) is 60.7 Å². The lowest BCUT2D eigenvalue weighted by Gasteiger charge is -2.09. The second-order valence-corrected chi connectivity index (χ2v) is 6.94. The largest absolute Gasteiger partial charge is 0.422 e. The van der Waals surface area contributed by atoms with Crippen LogP contribution in [0.15, 0.2) is 78.4 Å². The predicted octanol–water partition coefficient (Wildman–Crippen LogP) is 5.76. The molecular weight excluding hydrogens is 423 g/mol. The molecule has 0 atom stereocenters. The highest BCUT2D eigenvalue weighted by molar-refractivity contribution is 6.31. The molecule has 5 nitrogen and oxygen atoms in total. The number of esters is 1. The van der Waals surface area contributed by atoms with Crippen molar-refractivity contribution >= 4 is 46.8 Å². The Morgan fingerprint density at radius 2 is 1.50 bits per heavy atom. The molecule has 0 bridgehead atoms. The molecule has 0 aliphatic heterocycles. The van der Waals surface area contributed by atoms with E-state index in [4.69, 9.17) is 27.9 Å². The Hall–Kier alpha value is -3.59. The van der Waals surface area contributed by atoms with Gasteiger partial charge in [-0.15, -0.1) is 0 Å². The average molecular weight is 437 g/mol. The van der Waals surface area contributed by atoms with Crippen LogP contribution in [0.25, 0.3) is 6.08 Å². The molecule has 148 valence electrons. The summed E-state index contributed by atoms with van der Waals surface area (Å²) in [5, 5.41) is 13.1. The summed E-state index contributed by atoms with van der Waals surface area (Å²) >= 11 is 11.7. The highest BCUT2D eigenvalue weighted by Crippen LogP contribution is 2.23. The maximum atomic E-state index is 12.5. The first kappa shape index (κ1) is 21.1. The summed E-state index contributed by atoms with van der Waals surface area (Å²) in [6.45, 7) is 0. The second-order valence-electron chi connectivity index (χ2n) is 6.07. The molecule has 0 aliphatic rings. The van der Waals surface area contributed by atoms with Crippen LogP contribution in [0.3, 0.4) is 0 Å². The number of para-hydroxylation sites is 1. The summed E-state index contributed by atoms with van der Waals surface area (Å²) in [4.78, 5) is 24.9. The molecule has 1 amide bonds. The number of carbonyl (C=O) groups is 2. The fraction of sp³-hybridized carbons (Fsp3) is 0. The number of hydrogen-bond acceptors (Lipinski definition) is 4. The Balaban J connectivity index is 1.82. The van der Waals surface area contributed by atoms with E-state index in [2.05, 4.69) is 5.32 Å². The number of benzene rings is 3. The van der Waals surface area contributed by atoms with Crippen LogP contribution < -0.4 is 10.1 Å². The van der Waals surface area contributed by atoms with E-state index in [1.165, 1.54) is 6.08 Å². The zero-order valence-electron chi connectivity index (χ0n) is 15.4. The molecule has 0 radical (unpaired) electrons. The van der Waals surface area contributed by atoms with Crippen molar-refractivity contribution in [1.82, 2.24) is 0 Å². The van der Waals surface area contributed by atoms with E-state index in [9.17, 15) is 14.9 Å². The number of nitrogens with one attached hydrogen (secondary N) is 1. The number of anilines is 1. The zero-order chi connectivity index (χ0) is 21.5. The van der Waals surface area contributed by atoms with Crippen molar-refractivity contribution in [2.45, 2.75) is 0 Å². The highest BCUT2D eigenvalue weighted by atomic mass is 35.5. The van der Waals surface area contributed by atoms with E-state index >= 15 is 0 Å². The van der Waals surface area contributed by atoms with Crippen LogP contribution in [-0.2, 0) is 4.79 Å². The van der Waals surface area contributed by atoms with Gasteiger partial charge in [-0.25, -0.2) is 4.79 Å². The van der Waals surface area contributed by atoms with Crippen LogP contribution in [0.4, 0.5) is 5.69 Å². The lowest BCUT2D eigenvalue weighted by Crippen LogP contribution is -2.13. The van der Waals surface area contributed by atoms with Gasteiger partial charge in [0, 0.05) is 21.3 Å². The first-order valence-electron chi connectivity index (χ1n) is 8.72. The van der Waals surface area contributed by atoms with Crippen LogP contribution in [0, 0.1) is 11.3 Å². The third-order valence-corrected chi connectivity index (χ3v) is 4.47. The van der Waals surface area contributed by atoms with E-state index in [0.29, 0.717) is 26.9 Å². The molecule has 0 aromatic heterocycles. The fourth-order valence-corrected chi connectivity index (χ4v) is 2.73. The van der Waals surface area contributed by atoms with Crippen molar-refractivity contribution in [3.63, 3.8) is 0 Å². The summed E-state index contributed by atoms with van der Waals surface area (Å²) in [6.07, 6.45) is 1.36. The van der Waals surface area contributed by atoms with Crippen LogP contribution in [0.2, 0.25) is 10.0 Å². The summed E-state index contributed by atoms with van der Waals surface area (Å²) in [5.74, 6) is -0.972. The van der Waals surface area contributed by atoms with E-state index < -0.39 is 11.9 Å². The van der Waals surface area contributed by atoms with Gasteiger partial charge in [0.05, 0.1) is 5.56 Å². The quantitative estimate of drug-likeness (QED) is 0.238. The van der Waals surface area contributed by atoms with Crippen molar-refractivity contribution in [3.8, 4) is 11.8 Å². The van der Waals surface area contributed by atoms with E-state index in [1.54, 1.807) is 72.8 Å². The molecule has 7 heteroatoms. The van der Waals surface area contributed by atoms with Crippen LogP contribution in [0.5, 0.6) is 5.75 Å². The minimum Gasteiger partial charge on any atom is -0.422 e. The summed E-state index contributed by atoms with van der Waals surface area (Å²) < 4.78 is 5.45. The third kappa shape index (κ3) is 5.48. The standard InChI is InChI=1S/C23H14Cl2N2O3/c24-18-7-5-15(6-8-18)23(29)30-21-4-2-1-3-16(21)13-17(14-26)22(28)27-20-11-9-19(25)10-12-20/h1-13H,(H,27,28)/b17-13+. The van der Waals surface area contributed by atoms with Gasteiger partial charge in [0.15, 0.2) is 0 Å². The molecule has 1 N–H and O–H groups in total. The Bertz CT molecular complexity index is 1150. The lowest BCUT2D eigenvalue weighted by atomic mass is 10.1. The summed E-state index contributed by atoms with van der Waals surface area (Å²) in [6, 6.07) is 21.2. The number of ether oxygens (including phenoxy) is 1. The number of amides is 1. The van der Waals surface area contributed by atoms with Crippen molar-refractivity contribution < 1.29 is 14.3 Å². The molecule has 3 rings (SSSR count).